The Bertz CT molecular complexity index is 209. The number of guanidine groups is 1. The monoisotopic (exact) mass is 237 g/mol. The second-order valence-corrected chi connectivity index (χ2v) is 1.89. The molecule has 0 fully saturated rings. The first kappa shape index (κ1) is 24.3. The molecule has 0 aromatic heterocycles. The van der Waals surface area contributed by atoms with Crippen LogP contribution in [-0.4, -0.2) is 41.7 Å². The van der Waals surface area contributed by atoms with Crippen LogP contribution in [0.2, 0.25) is 0 Å². The van der Waals surface area contributed by atoms with Crippen molar-refractivity contribution in [2.24, 2.45) is 5.73 Å². The fourth-order valence-corrected chi connectivity index (χ4v) is 0.288. The predicted octanol–water partition coefficient (Wildman–Crippen LogP) is -9.54. The first-order chi connectivity index (χ1) is 5.77. The number of carbonyl (C=O) groups excluding carboxylic acids is 1. The molecular formula is C5H9N3Na2O5. The van der Waals surface area contributed by atoms with E-state index < -0.39 is 12.1 Å². The molecular weight excluding hydrogens is 228 g/mol. The molecule has 0 heterocycles. The second kappa shape index (κ2) is 14.0. The van der Waals surface area contributed by atoms with Gasteiger partial charge in [-0.15, -0.1) is 0 Å². The normalized spacial score (nSPS) is 6.73. The molecule has 8 nitrogen and oxygen atoms in total. The zero-order chi connectivity index (χ0) is 11.0. The van der Waals surface area contributed by atoms with Crippen LogP contribution in [0.25, 0.3) is 0 Å². The Balaban J connectivity index is -0.0000000883. The molecule has 76 valence electrons. The Morgan fingerprint density at radius 3 is 1.73 bits per heavy atom. The van der Waals surface area contributed by atoms with Gasteiger partial charge >= 0.3 is 65.1 Å². The van der Waals surface area contributed by atoms with E-state index in [1.807, 2.05) is 0 Å². The molecule has 0 rings (SSSR count). The number of rotatable bonds is 2. The van der Waals surface area contributed by atoms with Gasteiger partial charge in [0.05, 0.1) is 0 Å². The van der Waals surface area contributed by atoms with Crippen LogP contribution in [0.5, 0.6) is 0 Å². The largest absolute Gasteiger partial charge is 1.00 e. The van der Waals surface area contributed by atoms with Crippen molar-refractivity contribution in [2.45, 2.75) is 0 Å². The molecule has 0 saturated heterocycles. The summed E-state index contributed by atoms with van der Waals surface area (Å²) < 4.78 is 0. The summed E-state index contributed by atoms with van der Waals surface area (Å²) in [5.41, 5.74) is 4.93. The molecule has 0 amide bonds. The van der Waals surface area contributed by atoms with Gasteiger partial charge in [0.2, 0.25) is 0 Å². The number of nitrogens with two attached hydrogens (primary N) is 1. The molecule has 15 heavy (non-hydrogen) atoms. The summed E-state index contributed by atoms with van der Waals surface area (Å²) >= 11 is 0. The van der Waals surface area contributed by atoms with Crippen LogP contribution >= 0.6 is 0 Å². The summed E-state index contributed by atoms with van der Waals surface area (Å²) in [7, 11) is 1.44. The minimum Gasteiger partial charge on any atom is -0.652 e. The van der Waals surface area contributed by atoms with Crippen molar-refractivity contribution in [3.8, 4) is 0 Å². The van der Waals surface area contributed by atoms with E-state index in [0.717, 1.165) is 4.90 Å². The summed E-state index contributed by atoms with van der Waals surface area (Å²) in [4.78, 5) is 19.4. The molecule has 0 aliphatic heterocycles. The molecule has 0 atom stereocenters. The van der Waals surface area contributed by atoms with E-state index in [9.17, 15) is 4.79 Å². The van der Waals surface area contributed by atoms with Crippen LogP contribution in [0.3, 0.4) is 0 Å². The number of likely N-dealkylation sites (N-methyl/N-ethyl adjacent to an activating group) is 1. The Morgan fingerprint density at radius 2 is 1.67 bits per heavy atom. The van der Waals surface area contributed by atoms with Gasteiger partial charge in [-0.2, -0.15) is 0 Å². The van der Waals surface area contributed by atoms with Crippen LogP contribution in [0.15, 0.2) is 0 Å². The fraction of sp³-hybridized carbons (Fsp3) is 0.400. The number of hydrogen-bond donors (Lipinski definition) is 3. The summed E-state index contributed by atoms with van der Waals surface area (Å²) in [6, 6.07) is 0. The van der Waals surface area contributed by atoms with Gasteiger partial charge in [0.15, 0.2) is 5.96 Å². The number of nitrogens with zero attached hydrogens (tertiary/aromatic N) is 1. The molecule has 0 aromatic rings. The van der Waals surface area contributed by atoms with E-state index in [-0.39, 0.29) is 71.6 Å². The molecule has 10 heteroatoms. The van der Waals surface area contributed by atoms with Crippen LogP contribution < -0.4 is 75.1 Å². The first-order valence-corrected chi connectivity index (χ1v) is 2.92. The van der Waals surface area contributed by atoms with E-state index in [2.05, 4.69) is 0 Å². The Morgan fingerprint density at radius 1 is 1.40 bits per heavy atom. The maximum Gasteiger partial charge on any atom is 1.00 e. The molecule has 0 aliphatic carbocycles. The van der Waals surface area contributed by atoms with Crippen molar-refractivity contribution in [2.75, 3.05) is 13.6 Å². The maximum atomic E-state index is 9.92. The molecule has 0 aromatic carbocycles. The van der Waals surface area contributed by atoms with E-state index in [1.165, 1.54) is 7.05 Å². The minimum atomic E-state index is -2.33. The van der Waals surface area contributed by atoms with Crippen molar-refractivity contribution >= 4 is 18.1 Å². The SMILES string of the molecule is CN(CC(=O)O)C(=N)N.O=C([O-])[O-].[Na+].[Na+]. The van der Waals surface area contributed by atoms with Gasteiger partial charge in [0, 0.05) is 7.05 Å². The van der Waals surface area contributed by atoms with Gasteiger partial charge in [-0.3, -0.25) is 10.2 Å². The maximum absolute atomic E-state index is 9.92. The zero-order valence-corrected chi connectivity index (χ0v) is 12.8. The van der Waals surface area contributed by atoms with Crippen molar-refractivity contribution in [3.63, 3.8) is 0 Å². The molecule has 0 radical (unpaired) electrons. The van der Waals surface area contributed by atoms with Gasteiger partial charge in [-0.1, -0.05) is 0 Å². The third-order valence-electron chi connectivity index (χ3n) is 0.784. The van der Waals surface area contributed by atoms with E-state index in [0.29, 0.717) is 0 Å². The van der Waals surface area contributed by atoms with Crippen molar-refractivity contribution in [3.05, 3.63) is 0 Å². The zero-order valence-electron chi connectivity index (χ0n) is 8.81. The third kappa shape index (κ3) is 31.5. The first-order valence-electron chi connectivity index (χ1n) is 2.92. The van der Waals surface area contributed by atoms with Crippen molar-refractivity contribution in [1.82, 2.24) is 4.90 Å². The Hall–Kier alpha value is 0.0100. The Labute approximate surface area is 131 Å². The minimum absolute atomic E-state index is 0. The molecule has 0 unspecified atom stereocenters. The van der Waals surface area contributed by atoms with Gasteiger partial charge in [-0.25, -0.2) is 0 Å². The summed E-state index contributed by atoms with van der Waals surface area (Å²) in [5.74, 6) is -1.23. The van der Waals surface area contributed by atoms with Crippen LogP contribution in [0, 0.1) is 5.41 Å². The number of carboxylic acids is 1. The van der Waals surface area contributed by atoms with Gasteiger partial charge in [0.1, 0.15) is 6.54 Å². The van der Waals surface area contributed by atoms with E-state index >= 15 is 0 Å². The predicted molar refractivity (Wildman–Crippen MR) is 37.6 cm³/mol. The fourth-order valence-electron chi connectivity index (χ4n) is 0.288. The van der Waals surface area contributed by atoms with Gasteiger partial charge in [0.25, 0.3) is 0 Å². The smallest absolute Gasteiger partial charge is 0.652 e. The van der Waals surface area contributed by atoms with E-state index in [1.54, 1.807) is 0 Å². The Kier molecular flexibility index (Phi) is 22.7. The third-order valence-corrected chi connectivity index (χ3v) is 0.784. The number of nitrogens with one attached hydrogen (secondary N) is 1. The average molecular weight is 237 g/mol. The number of carbonyl (C=O) groups is 2. The number of hydrogen-bond acceptors (Lipinski definition) is 5. The second-order valence-electron chi connectivity index (χ2n) is 1.89. The van der Waals surface area contributed by atoms with Crippen molar-refractivity contribution < 1.29 is 84.0 Å². The standard InChI is InChI=1S/C4H9N3O2.CH2O3.2Na/c1-7(4(5)6)2-3(8)9;2-1(3)4;;/h2H2,1H3,(H3,5,6)(H,8,9);(H2,2,3,4);;/q;;2*+1/p-2. The van der Waals surface area contributed by atoms with Crippen LogP contribution in [-0.2, 0) is 4.79 Å². The molecule has 0 spiro atoms. The average Bonchev–Trinajstić information content (AvgIpc) is 1.83. The topological polar surface area (TPSA) is 154 Å². The van der Waals surface area contributed by atoms with Crippen LogP contribution in [0.1, 0.15) is 0 Å². The summed E-state index contributed by atoms with van der Waals surface area (Å²) in [6.07, 6.45) is -2.33. The number of carboxylic acid groups (broad SMARTS) is 3. The molecule has 4 N–H and O–H groups in total. The summed E-state index contributed by atoms with van der Waals surface area (Å²) in [6.45, 7) is -0.227. The molecule has 0 bridgehead atoms. The van der Waals surface area contributed by atoms with E-state index in [4.69, 9.17) is 31.3 Å². The van der Waals surface area contributed by atoms with Crippen LogP contribution in [0.4, 0.5) is 4.79 Å². The van der Waals surface area contributed by atoms with Crippen molar-refractivity contribution in [1.29, 1.82) is 5.41 Å². The van der Waals surface area contributed by atoms with Gasteiger partial charge in [-0.05, 0) is 6.16 Å². The summed E-state index contributed by atoms with van der Waals surface area (Å²) in [5, 5.41) is 31.5. The quantitative estimate of drug-likeness (QED) is 0.244. The number of aliphatic carboxylic acids is 1. The van der Waals surface area contributed by atoms with Gasteiger partial charge < -0.3 is 30.7 Å². The molecule has 0 aliphatic rings. The molecule has 0 saturated carbocycles.